The first-order valence-corrected chi connectivity index (χ1v) is 8.93. The molecule has 2 N–H and O–H groups in total. The van der Waals surface area contributed by atoms with E-state index in [1.807, 2.05) is 31.2 Å². The van der Waals surface area contributed by atoms with Gasteiger partial charge in [-0.3, -0.25) is 0 Å². The molecule has 0 amide bonds. The summed E-state index contributed by atoms with van der Waals surface area (Å²) in [4.78, 5) is 14.6. The molecular weight excluding hydrogens is 340 g/mol. The van der Waals surface area contributed by atoms with Crippen molar-refractivity contribution < 1.29 is 9.53 Å². The van der Waals surface area contributed by atoms with Crippen LogP contribution in [0.5, 0.6) is 0 Å². The van der Waals surface area contributed by atoms with E-state index in [9.17, 15) is 4.79 Å². The lowest BCUT2D eigenvalue weighted by molar-refractivity contribution is -0.139. The van der Waals surface area contributed by atoms with Crippen molar-refractivity contribution in [3.05, 3.63) is 58.6 Å². The highest BCUT2D eigenvalue weighted by molar-refractivity contribution is 7.80. The third-order valence-corrected chi connectivity index (χ3v) is 5.15. The van der Waals surface area contributed by atoms with Gasteiger partial charge >= 0.3 is 5.97 Å². The van der Waals surface area contributed by atoms with E-state index in [1.54, 1.807) is 18.3 Å². The summed E-state index contributed by atoms with van der Waals surface area (Å²) in [5, 5.41) is 6.71. The van der Waals surface area contributed by atoms with Crippen molar-refractivity contribution in [3.8, 4) is 10.4 Å². The van der Waals surface area contributed by atoms with Gasteiger partial charge in [0.15, 0.2) is 5.11 Å². The van der Waals surface area contributed by atoms with E-state index >= 15 is 0 Å². The standard InChI is InChI=1S/C18H18N2O2S2/c1-3-22-17(21)15-11(2)19-18(23)20-16(15)14-10-9-13(24-14)12-7-5-4-6-8-12/h4-10,16H,3H2,1-2H3,(H2,19,20,23)/t16-/m1/s1. The van der Waals surface area contributed by atoms with Gasteiger partial charge in [-0.1, -0.05) is 30.3 Å². The maximum atomic E-state index is 12.4. The Morgan fingerprint density at radius 2 is 2.00 bits per heavy atom. The summed E-state index contributed by atoms with van der Waals surface area (Å²) in [6.45, 7) is 3.99. The fourth-order valence-corrected chi connectivity index (χ4v) is 4.00. The number of nitrogens with one attached hydrogen (secondary N) is 2. The van der Waals surface area contributed by atoms with Crippen LogP contribution in [0.3, 0.4) is 0 Å². The van der Waals surface area contributed by atoms with E-state index in [2.05, 4.69) is 28.8 Å². The van der Waals surface area contributed by atoms with Crippen molar-refractivity contribution in [3.63, 3.8) is 0 Å². The quantitative estimate of drug-likeness (QED) is 0.644. The molecule has 1 aliphatic rings. The Hall–Kier alpha value is -2.18. The van der Waals surface area contributed by atoms with Crippen LogP contribution < -0.4 is 10.6 Å². The number of carbonyl (C=O) groups excluding carboxylic acids is 1. The molecule has 0 saturated heterocycles. The summed E-state index contributed by atoms with van der Waals surface area (Å²) < 4.78 is 5.21. The number of allylic oxidation sites excluding steroid dienone is 1. The number of thiophene rings is 1. The van der Waals surface area contributed by atoms with Gasteiger partial charge in [-0.2, -0.15) is 0 Å². The van der Waals surface area contributed by atoms with Crippen molar-refractivity contribution in [2.45, 2.75) is 19.9 Å². The lowest BCUT2D eigenvalue weighted by atomic mass is 10.0. The Morgan fingerprint density at radius 3 is 2.71 bits per heavy atom. The molecule has 1 aromatic heterocycles. The summed E-state index contributed by atoms with van der Waals surface area (Å²) in [6, 6.07) is 14.0. The van der Waals surface area contributed by atoms with Crippen LogP contribution in [0.4, 0.5) is 0 Å². The fourth-order valence-electron chi connectivity index (χ4n) is 2.65. The minimum absolute atomic E-state index is 0.291. The molecule has 0 aliphatic carbocycles. The summed E-state index contributed by atoms with van der Waals surface area (Å²) >= 11 is 6.90. The average molecular weight is 358 g/mol. The highest BCUT2D eigenvalue weighted by Gasteiger charge is 2.31. The Balaban J connectivity index is 1.97. The van der Waals surface area contributed by atoms with E-state index < -0.39 is 0 Å². The lowest BCUT2D eigenvalue weighted by Gasteiger charge is -2.28. The second-order valence-corrected chi connectivity index (χ2v) is 6.88. The lowest BCUT2D eigenvalue weighted by Crippen LogP contribution is -2.44. The average Bonchev–Trinajstić information content (AvgIpc) is 3.05. The number of benzene rings is 1. The van der Waals surface area contributed by atoms with Gasteiger partial charge in [-0.25, -0.2) is 4.79 Å². The predicted octanol–water partition coefficient (Wildman–Crippen LogP) is 3.77. The van der Waals surface area contributed by atoms with Gasteiger partial charge in [0.25, 0.3) is 0 Å². The number of carbonyl (C=O) groups is 1. The molecule has 0 bridgehead atoms. The summed E-state index contributed by atoms with van der Waals surface area (Å²) in [7, 11) is 0. The number of hydrogen-bond donors (Lipinski definition) is 2. The number of ether oxygens (including phenoxy) is 1. The van der Waals surface area contributed by atoms with Crippen molar-refractivity contribution in [2.75, 3.05) is 6.61 Å². The molecule has 0 saturated carbocycles. The molecule has 0 unspecified atom stereocenters. The zero-order valence-corrected chi connectivity index (χ0v) is 15.1. The van der Waals surface area contributed by atoms with Crippen LogP contribution in [0.15, 0.2) is 53.7 Å². The van der Waals surface area contributed by atoms with Gasteiger partial charge < -0.3 is 15.4 Å². The van der Waals surface area contributed by atoms with Crippen LogP contribution >= 0.6 is 23.6 Å². The van der Waals surface area contributed by atoms with Crippen molar-refractivity contribution in [1.82, 2.24) is 10.6 Å². The van der Waals surface area contributed by atoms with Gasteiger partial charge in [-0.05, 0) is 43.8 Å². The third kappa shape index (κ3) is 3.34. The van der Waals surface area contributed by atoms with E-state index in [1.165, 1.54) is 0 Å². The second kappa shape index (κ2) is 7.15. The normalized spacial score (nSPS) is 17.2. The number of rotatable bonds is 4. The number of esters is 1. The van der Waals surface area contributed by atoms with Gasteiger partial charge in [0.1, 0.15) is 0 Å². The summed E-state index contributed by atoms with van der Waals surface area (Å²) in [5.74, 6) is -0.322. The molecule has 2 heterocycles. The molecule has 0 spiro atoms. The van der Waals surface area contributed by atoms with Crippen LogP contribution in [-0.4, -0.2) is 17.7 Å². The number of thiocarbonyl (C=S) groups is 1. The topological polar surface area (TPSA) is 50.4 Å². The Morgan fingerprint density at radius 1 is 1.25 bits per heavy atom. The molecular formula is C18H18N2O2S2. The fraction of sp³-hybridized carbons (Fsp3) is 0.222. The highest BCUT2D eigenvalue weighted by atomic mass is 32.1. The Labute approximate surface area is 150 Å². The highest BCUT2D eigenvalue weighted by Crippen LogP contribution is 2.36. The van der Waals surface area contributed by atoms with Gasteiger partial charge in [0, 0.05) is 15.5 Å². The van der Waals surface area contributed by atoms with E-state index in [0.29, 0.717) is 17.3 Å². The zero-order valence-electron chi connectivity index (χ0n) is 13.5. The first-order valence-electron chi connectivity index (χ1n) is 7.70. The summed E-state index contributed by atoms with van der Waals surface area (Å²) in [5.41, 5.74) is 2.47. The minimum Gasteiger partial charge on any atom is -0.463 e. The van der Waals surface area contributed by atoms with Crippen LogP contribution in [0, 0.1) is 0 Å². The zero-order chi connectivity index (χ0) is 17.1. The first kappa shape index (κ1) is 16.7. The van der Waals surface area contributed by atoms with E-state index in [0.717, 1.165) is 21.0 Å². The molecule has 1 aliphatic heterocycles. The SMILES string of the molecule is CCOC(=O)C1=C(C)NC(=S)N[C@@H]1c1ccc(-c2ccccc2)s1. The maximum absolute atomic E-state index is 12.4. The van der Waals surface area contributed by atoms with Crippen molar-refractivity contribution in [1.29, 1.82) is 0 Å². The minimum atomic E-state index is -0.322. The Kier molecular flexibility index (Phi) is 4.97. The van der Waals surface area contributed by atoms with Crippen LogP contribution in [-0.2, 0) is 9.53 Å². The van der Waals surface area contributed by atoms with E-state index in [-0.39, 0.29) is 12.0 Å². The van der Waals surface area contributed by atoms with Gasteiger partial charge in [-0.15, -0.1) is 11.3 Å². The van der Waals surface area contributed by atoms with E-state index in [4.69, 9.17) is 17.0 Å². The van der Waals surface area contributed by atoms with Crippen LogP contribution in [0.25, 0.3) is 10.4 Å². The predicted molar refractivity (Wildman–Crippen MR) is 101 cm³/mol. The molecule has 0 fully saturated rings. The third-order valence-electron chi connectivity index (χ3n) is 3.73. The number of hydrogen-bond acceptors (Lipinski definition) is 4. The summed E-state index contributed by atoms with van der Waals surface area (Å²) in [6.07, 6.45) is 0. The molecule has 3 rings (SSSR count). The Bertz CT molecular complexity index is 796. The molecule has 6 heteroatoms. The van der Waals surface area contributed by atoms with Crippen LogP contribution in [0.1, 0.15) is 24.8 Å². The monoisotopic (exact) mass is 358 g/mol. The van der Waals surface area contributed by atoms with Gasteiger partial charge in [0.05, 0.1) is 18.2 Å². The largest absolute Gasteiger partial charge is 0.463 e. The molecule has 124 valence electrons. The van der Waals surface area contributed by atoms with Crippen molar-refractivity contribution in [2.24, 2.45) is 0 Å². The van der Waals surface area contributed by atoms with Crippen molar-refractivity contribution >= 4 is 34.6 Å². The molecule has 24 heavy (non-hydrogen) atoms. The maximum Gasteiger partial charge on any atom is 0.338 e. The molecule has 1 aromatic carbocycles. The molecule has 0 radical (unpaired) electrons. The first-order chi connectivity index (χ1) is 11.6. The van der Waals surface area contributed by atoms with Crippen LogP contribution in [0.2, 0.25) is 0 Å². The second-order valence-electron chi connectivity index (χ2n) is 5.36. The molecule has 2 aromatic rings. The molecule has 4 nitrogen and oxygen atoms in total. The smallest absolute Gasteiger partial charge is 0.338 e. The van der Waals surface area contributed by atoms with Gasteiger partial charge in [0.2, 0.25) is 0 Å². The molecule has 1 atom stereocenters.